The number of anilines is 2. The Hall–Kier alpha value is -1.84. The first-order chi connectivity index (χ1) is 6.85. The summed E-state index contributed by atoms with van der Waals surface area (Å²) in [5.41, 5.74) is 3.76. The Morgan fingerprint density at radius 3 is 2.71 bits per heavy atom. The van der Waals surface area contributed by atoms with E-state index in [0.717, 1.165) is 22.4 Å². The van der Waals surface area contributed by atoms with E-state index < -0.39 is 0 Å². The van der Waals surface area contributed by atoms with Gasteiger partial charge >= 0.3 is 0 Å². The van der Waals surface area contributed by atoms with Crippen molar-refractivity contribution in [2.24, 2.45) is 0 Å². The molecule has 4 heteroatoms. The molecule has 0 spiro atoms. The van der Waals surface area contributed by atoms with Crippen LogP contribution in [0.1, 0.15) is 0 Å². The third-order valence-electron chi connectivity index (χ3n) is 2.14. The number of nitrogens with zero attached hydrogens (tertiary/aromatic N) is 2. The lowest BCUT2D eigenvalue weighted by molar-refractivity contribution is 1.31. The van der Waals surface area contributed by atoms with Crippen molar-refractivity contribution in [3.05, 3.63) is 24.5 Å². The van der Waals surface area contributed by atoms with Gasteiger partial charge in [0.2, 0.25) is 0 Å². The molecule has 0 aromatic carbocycles. The minimum atomic E-state index is 0.892. The van der Waals surface area contributed by atoms with Crippen LogP contribution in [0.25, 0.3) is 11.0 Å². The molecule has 0 radical (unpaired) electrons. The Morgan fingerprint density at radius 1 is 1.14 bits per heavy atom. The topological polar surface area (TPSA) is 49.8 Å². The second kappa shape index (κ2) is 3.49. The molecule has 2 N–H and O–H groups in total. The smallest absolute Gasteiger partial charge is 0.112 e. The quantitative estimate of drug-likeness (QED) is 0.753. The highest BCUT2D eigenvalue weighted by Gasteiger charge is 2.01. The van der Waals surface area contributed by atoms with Gasteiger partial charge in [0, 0.05) is 20.3 Å². The lowest BCUT2D eigenvalue weighted by atomic mass is 10.2. The van der Waals surface area contributed by atoms with Crippen molar-refractivity contribution < 1.29 is 0 Å². The van der Waals surface area contributed by atoms with E-state index in [1.54, 1.807) is 12.4 Å². The largest absolute Gasteiger partial charge is 0.387 e. The molecule has 2 rings (SSSR count). The van der Waals surface area contributed by atoms with Crippen molar-refractivity contribution in [2.75, 3.05) is 24.7 Å². The van der Waals surface area contributed by atoms with E-state index in [-0.39, 0.29) is 0 Å². The minimum absolute atomic E-state index is 0.892. The molecule has 0 saturated carbocycles. The van der Waals surface area contributed by atoms with Crippen LogP contribution < -0.4 is 10.6 Å². The van der Waals surface area contributed by atoms with E-state index in [9.17, 15) is 0 Å². The highest BCUT2D eigenvalue weighted by Crippen LogP contribution is 2.20. The number of hydrogen-bond donors (Lipinski definition) is 2. The van der Waals surface area contributed by atoms with Crippen LogP contribution in [0, 0.1) is 0 Å². The summed E-state index contributed by atoms with van der Waals surface area (Å²) >= 11 is 0. The van der Waals surface area contributed by atoms with E-state index in [2.05, 4.69) is 20.6 Å². The fourth-order valence-electron chi connectivity index (χ4n) is 1.37. The Labute approximate surface area is 82.4 Å². The molecule has 2 heterocycles. The van der Waals surface area contributed by atoms with Crippen LogP contribution in [0.15, 0.2) is 24.5 Å². The summed E-state index contributed by atoms with van der Waals surface area (Å²) in [5.74, 6) is 0. The zero-order valence-electron chi connectivity index (χ0n) is 8.20. The molecule has 2 aromatic heterocycles. The van der Waals surface area contributed by atoms with E-state index >= 15 is 0 Å². The summed E-state index contributed by atoms with van der Waals surface area (Å²) in [7, 11) is 3.74. The van der Waals surface area contributed by atoms with Crippen LogP contribution in [-0.4, -0.2) is 24.1 Å². The summed E-state index contributed by atoms with van der Waals surface area (Å²) in [6, 6.07) is 3.89. The zero-order chi connectivity index (χ0) is 9.97. The van der Waals surface area contributed by atoms with E-state index in [0.29, 0.717) is 0 Å². The van der Waals surface area contributed by atoms with Gasteiger partial charge in [0.25, 0.3) is 0 Å². The van der Waals surface area contributed by atoms with Gasteiger partial charge in [0.1, 0.15) is 5.52 Å². The molecular weight excluding hydrogens is 176 g/mol. The third kappa shape index (κ3) is 1.35. The summed E-state index contributed by atoms with van der Waals surface area (Å²) < 4.78 is 0. The molecule has 0 bridgehead atoms. The molecule has 0 fully saturated rings. The first-order valence-corrected chi connectivity index (χ1v) is 4.45. The van der Waals surface area contributed by atoms with Crippen molar-refractivity contribution in [1.29, 1.82) is 0 Å². The predicted molar refractivity (Wildman–Crippen MR) is 58.6 cm³/mol. The van der Waals surface area contributed by atoms with Crippen LogP contribution in [0.4, 0.5) is 11.4 Å². The standard InChI is InChI=1S/C10H12N4/c1-11-7-5-9-10(14-6-7)8(12-2)3-4-13-9/h3-6,11H,1-2H3,(H,12,13). The van der Waals surface area contributed by atoms with Crippen molar-refractivity contribution in [1.82, 2.24) is 9.97 Å². The first-order valence-electron chi connectivity index (χ1n) is 4.45. The summed E-state index contributed by atoms with van der Waals surface area (Å²) in [6.07, 6.45) is 3.57. The fraction of sp³-hybridized carbons (Fsp3) is 0.200. The normalized spacial score (nSPS) is 10.1. The van der Waals surface area contributed by atoms with Gasteiger partial charge in [-0.3, -0.25) is 9.97 Å². The number of fused-ring (bicyclic) bond motifs is 1. The van der Waals surface area contributed by atoms with Crippen molar-refractivity contribution in [3.8, 4) is 0 Å². The van der Waals surface area contributed by atoms with Gasteiger partial charge in [0.15, 0.2) is 0 Å². The number of nitrogens with one attached hydrogen (secondary N) is 2. The monoisotopic (exact) mass is 188 g/mol. The van der Waals surface area contributed by atoms with Gasteiger partial charge in [0.05, 0.1) is 23.1 Å². The highest BCUT2D eigenvalue weighted by molar-refractivity contribution is 5.88. The Balaban J connectivity index is 2.67. The maximum absolute atomic E-state index is 4.34. The van der Waals surface area contributed by atoms with Gasteiger partial charge in [-0.05, 0) is 12.1 Å². The van der Waals surface area contributed by atoms with Crippen LogP contribution in [0.3, 0.4) is 0 Å². The highest BCUT2D eigenvalue weighted by atomic mass is 14.9. The van der Waals surface area contributed by atoms with Crippen LogP contribution >= 0.6 is 0 Å². The molecular formula is C10H12N4. The minimum Gasteiger partial charge on any atom is -0.387 e. The molecule has 0 atom stereocenters. The first kappa shape index (κ1) is 8.74. The Kier molecular flexibility index (Phi) is 2.18. The number of rotatable bonds is 2. The summed E-state index contributed by atoms with van der Waals surface area (Å²) in [5, 5.41) is 6.12. The average molecular weight is 188 g/mol. The van der Waals surface area contributed by atoms with Crippen LogP contribution in [-0.2, 0) is 0 Å². The Bertz CT molecular complexity index is 453. The van der Waals surface area contributed by atoms with Gasteiger partial charge in [-0.15, -0.1) is 0 Å². The molecule has 0 amide bonds. The van der Waals surface area contributed by atoms with Gasteiger partial charge < -0.3 is 10.6 Å². The van der Waals surface area contributed by atoms with E-state index in [1.807, 2.05) is 26.2 Å². The molecule has 0 aliphatic carbocycles. The molecule has 0 saturated heterocycles. The second-order valence-corrected chi connectivity index (χ2v) is 2.95. The lowest BCUT2D eigenvalue weighted by Gasteiger charge is -2.05. The average Bonchev–Trinajstić information content (AvgIpc) is 2.27. The predicted octanol–water partition coefficient (Wildman–Crippen LogP) is 1.71. The second-order valence-electron chi connectivity index (χ2n) is 2.95. The van der Waals surface area contributed by atoms with E-state index in [4.69, 9.17) is 0 Å². The molecule has 4 nitrogen and oxygen atoms in total. The molecule has 2 aromatic rings. The maximum Gasteiger partial charge on any atom is 0.112 e. The molecule has 72 valence electrons. The molecule has 14 heavy (non-hydrogen) atoms. The summed E-state index contributed by atoms with van der Waals surface area (Å²) in [4.78, 5) is 8.59. The van der Waals surface area contributed by atoms with Gasteiger partial charge in [-0.1, -0.05) is 0 Å². The molecule has 0 aliphatic heterocycles. The van der Waals surface area contributed by atoms with Gasteiger partial charge in [-0.25, -0.2) is 0 Å². The molecule has 0 aliphatic rings. The van der Waals surface area contributed by atoms with Gasteiger partial charge in [-0.2, -0.15) is 0 Å². The van der Waals surface area contributed by atoms with Crippen molar-refractivity contribution in [2.45, 2.75) is 0 Å². The molecule has 0 unspecified atom stereocenters. The SMILES string of the molecule is CNc1cnc2c(NC)ccnc2c1. The Morgan fingerprint density at radius 2 is 2.00 bits per heavy atom. The zero-order valence-corrected chi connectivity index (χ0v) is 8.20. The number of hydrogen-bond acceptors (Lipinski definition) is 4. The maximum atomic E-state index is 4.34. The number of aromatic nitrogens is 2. The summed E-state index contributed by atoms with van der Waals surface area (Å²) in [6.45, 7) is 0. The fourth-order valence-corrected chi connectivity index (χ4v) is 1.37. The van der Waals surface area contributed by atoms with Crippen molar-refractivity contribution >= 4 is 22.4 Å². The lowest BCUT2D eigenvalue weighted by Crippen LogP contribution is -1.95. The van der Waals surface area contributed by atoms with E-state index in [1.165, 1.54) is 0 Å². The van der Waals surface area contributed by atoms with Crippen LogP contribution in [0.5, 0.6) is 0 Å². The van der Waals surface area contributed by atoms with Crippen molar-refractivity contribution in [3.63, 3.8) is 0 Å². The third-order valence-corrected chi connectivity index (χ3v) is 2.14. The van der Waals surface area contributed by atoms with Crippen LogP contribution in [0.2, 0.25) is 0 Å². The number of pyridine rings is 2.